The molecular weight excluding hydrogens is 240 g/mol. The van der Waals surface area contributed by atoms with Crippen molar-refractivity contribution in [2.24, 2.45) is 0 Å². The van der Waals surface area contributed by atoms with Gasteiger partial charge in [-0.05, 0) is 29.5 Å². The highest BCUT2D eigenvalue weighted by Crippen LogP contribution is 2.31. The molecule has 0 unspecified atom stereocenters. The second-order valence-corrected chi connectivity index (χ2v) is 4.35. The molecule has 0 fully saturated rings. The fourth-order valence-electron chi connectivity index (χ4n) is 1.05. The van der Waals surface area contributed by atoms with Crippen molar-refractivity contribution in [3.63, 3.8) is 0 Å². The number of hydrogen-bond acceptors (Lipinski definition) is 2. The largest absolute Gasteiger partial charge is 0.497 e. The molecule has 2 heteroatoms. The molecule has 0 aliphatic carbocycles. The standard InChI is InChI=1S/C12H14OS.2C2H6/c1-9(2)14-10(3)11-5-7-12(13-4)8-6-11;2*1-2/h5-8H,1,3H2,2,4H3;2*1-2H3. The Kier molecular flexibility index (Phi) is 13.1. The molecule has 0 spiro atoms. The van der Waals surface area contributed by atoms with Crippen LogP contribution in [0.1, 0.15) is 40.2 Å². The van der Waals surface area contributed by atoms with Crippen LogP contribution in [0, 0.1) is 0 Å². The Hall–Kier alpha value is -1.15. The summed E-state index contributed by atoms with van der Waals surface area (Å²) in [5.41, 5.74) is 1.11. The molecule has 0 aliphatic rings. The van der Waals surface area contributed by atoms with Gasteiger partial charge in [0.05, 0.1) is 7.11 Å². The lowest BCUT2D eigenvalue weighted by Crippen LogP contribution is -1.83. The summed E-state index contributed by atoms with van der Waals surface area (Å²) in [5, 5.41) is 0. The summed E-state index contributed by atoms with van der Waals surface area (Å²) in [6, 6.07) is 7.85. The van der Waals surface area contributed by atoms with E-state index in [4.69, 9.17) is 4.74 Å². The molecule has 1 rings (SSSR count). The fourth-order valence-corrected chi connectivity index (χ4v) is 1.72. The molecule has 102 valence electrons. The van der Waals surface area contributed by atoms with Crippen molar-refractivity contribution in [1.29, 1.82) is 0 Å². The third-order valence-electron chi connectivity index (χ3n) is 1.71. The summed E-state index contributed by atoms with van der Waals surface area (Å²) in [6.07, 6.45) is 0. The second kappa shape index (κ2) is 12.3. The van der Waals surface area contributed by atoms with E-state index in [1.54, 1.807) is 18.9 Å². The van der Waals surface area contributed by atoms with Crippen molar-refractivity contribution in [3.05, 3.63) is 47.9 Å². The first kappa shape index (κ1) is 19.2. The highest BCUT2D eigenvalue weighted by molar-refractivity contribution is 8.11. The maximum absolute atomic E-state index is 5.08. The highest BCUT2D eigenvalue weighted by Gasteiger charge is 2.00. The van der Waals surface area contributed by atoms with Crippen LogP contribution in [-0.2, 0) is 0 Å². The van der Waals surface area contributed by atoms with Crippen LogP contribution in [0.3, 0.4) is 0 Å². The Morgan fingerprint density at radius 1 is 1.00 bits per heavy atom. The van der Waals surface area contributed by atoms with E-state index in [-0.39, 0.29) is 0 Å². The summed E-state index contributed by atoms with van der Waals surface area (Å²) in [5.74, 6) is 0.863. The molecule has 0 heterocycles. The lowest BCUT2D eigenvalue weighted by molar-refractivity contribution is 0.415. The topological polar surface area (TPSA) is 9.23 Å². The Morgan fingerprint density at radius 3 is 1.78 bits per heavy atom. The number of rotatable bonds is 4. The monoisotopic (exact) mass is 266 g/mol. The number of ether oxygens (including phenoxy) is 1. The normalized spacial score (nSPS) is 8.11. The van der Waals surface area contributed by atoms with Crippen molar-refractivity contribution >= 4 is 16.7 Å². The first-order valence-corrected chi connectivity index (χ1v) is 7.12. The summed E-state index contributed by atoms with van der Waals surface area (Å²) >= 11 is 1.59. The molecule has 0 saturated carbocycles. The molecule has 0 radical (unpaired) electrons. The predicted octanol–water partition coefficient (Wildman–Crippen LogP) is 5.99. The Morgan fingerprint density at radius 2 is 1.44 bits per heavy atom. The average molecular weight is 266 g/mol. The number of thioether (sulfide) groups is 1. The van der Waals surface area contributed by atoms with Crippen molar-refractivity contribution in [3.8, 4) is 5.75 Å². The fraction of sp³-hybridized carbons (Fsp3) is 0.375. The number of methoxy groups -OCH3 is 1. The first-order chi connectivity index (χ1) is 8.63. The molecule has 0 aromatic heterocycles. The van der Waals surface area contributed by atoms with E-state index in [1.165, 1.54) is 0 Å². The van der Waals surface area contributed by atoms with Crippen molar-refractivity contribution in [2.45, 2.75) is 34.6 Å². The maximum atomic E-state index is 5.08. The minimum atomic E-state index is 0.863. The lowest BCUT2D eigenvalue weighted by Gasteiger charge is -2.05. The van der Waals surface area contributed by atoms with Crippen LogP contribution in [0.4, 0.5) is 0 Å². The zero-order valence-electron chi connectivity index (χ0n) is 12.5. The molecular formula is C16H26OS. The molecule has 18 heavy (non-hydrogen) atoms. The second-order valence-electron chi connectivity index (χ2n) is 2.96. The van der Waals surface area contributed by atoms with Gasteiger partial charge in [-0.3, -0.25) is 0 Å². The maximum Gasteiger partial charge on any atom is 0.118 e. The van der Waals surface area contributed by atoms with Gasteiger partial charge in [0.15, 0.2) is 0 Å². The number of allylic oxidation sites excluding steroid dienone is 1. The Balaban J connectivity index is 0. The van der Waals surface area contributed by atoms with Crippen LogP contribution >= 0.6 is 11.8 Å². The zero-order chi connectivity index (χ0) is 14.6. The van der Waals surface area contributed by atoms with Crippen molar-refractivity contribution in [2.75, 3.05) is 7.11 Å². The van der Waals surface area contributed by atoms with Gasteiger partial charge in [-0.2, -0.15) is 0 Å². The molecule has 0 amide bonds. The molecule has 0 saturated heterocycles. The summed E-state index contributed by atoms with van der Waals surface area (Å²) < 4.78 is 5.08. The molecule has 0 N–H and O–H groups in total. The van der Waals surface area contributed by atoms with Gasteiger partial charge in [-0.25, -0.2) is 0 Å². The van der Waals surface area contributed by atoms with E-state index in [0.717, 1.165) is 21.1 Å². The van der Waals surface area contributed by atoms with Gasteiger partial charge < -0.3 is 4.74 Å². The zero-order valence-corrected chi connectivity index (χ0v) is 13.4. The van der Waals surface area contributed by atoms with Crippen LogP contribution < -0.4 is 4.74 Å². The van der Waals surface area contributed by atoms with Crippen LogP contribution in [0.25, 0.3) is 4.91 Å². The molecule has 0 aliphatic heterocycles. The van der Waals surface area contributed by atoms with Crippen LogP contribution in [0.2, 0.25) is 0 Å². The van der Waals surface area contributed by atoms with Crippen LogP contribution in [0.15, 0.2) is 42.3 Å². The first-order valence-electron chi connectivity index (χ1n) is 6.30. The van der Waals surface area contributed by atoms with E-state index in [1.807, 2.05) is 58.9 Å². The van der Waals surface area contributed by atoms with Gasteiger partial charge in [0.25, 0.3) is 0 Å². The molecule has 1 nitrogen and oxygen atoms in total. The van der Waals surface area contributed by atoms with E-state index in [0.29, 0.717) is 0 Å². The van der Waals surface area contributed by atoms with E-state index in [9.17, 15) is 0 Å². The quantitative estimate of drug-likeness (QED) is 0.662. The Labute approximate surface area is 117 Å². The van der Waals surface area contributed by atoms with Gasteiger partial charge in [0.1, 0.15) is 5.75 Å². The summed E-state index contributed by atoms with van der Waals surface area (Å²) in [6.45, 7) is 17.8. The van der Waals surface area contributed by atoms with Gasteiger partial charge in [-0.15, -0.1) is 0 Å². The minimum absolute atomic E-state index is 0.863. The lowest BCUT2D eigenvalue weighted by atomic mass is 10.2. The van der Waals surface area contributed by atoms with Gasteiger partial charge in [-0.1, -0.05) is 64.7 Å². The summed E-state index contributed by atoms with van der Waals surface area (Å²) in [7, 11) is 1.66. The molecule has 0 atom stereocenters. The average Bonchev–Trinajstić information content (AvgIpc) is 2.42. The van der Waals surface area contributed by atoms with Crippen molar-refractivity contribution in [1.82, 2.24) is 0 Å². The van der Waals surface area contributed by atoms with E-state index < -0.39 is 0 Å². The Bertz CT molecular complexity index is 339. The van der Waals surface area contributed by atoms with E-state index in [2.05, 4.69) is 13.2 Å². The number of hydrogen-bond donors (Lipinski definition) is 0. The van der Waals surface area contributed by atoms with Gasteiger partial charge in [0, 0.05) is 4.91 Å². The third kappa shape index (κ3) is 8.02. The molecule has 0 bridgehead atoms. The van der Waals surface area contributed by atoms with Crippen LogP contribution in [-0.4, -0.2) is 7.11 Å². The van der Waals surface area contributed by atoms with E-state index >= 15 is 0 Å². The minimum Gasteiger partial charge on any atom is -0.497 e. The van der Waals surface area contributed by atoms with Gasteiger partial charge >= 0.3 is 0 Å². The van der Waals surface area contributed by atoms with Crippen molar-refractivity contribution < 1.29 is 4.74 Å². The smallest absolute Gasteiger partial charge is 0.118 e. The predicted molar refractivity (Wildman–Crippen MR) is 87.1 cm³/mol. The highest BCUT2D eigenvalue weighted by atomic mass is 32.2. The molecule has 1 aromatic carbocycles. The number of benzene rings is 1. The van der Waals surface area contributed by atoms with Crippen LogP contribution in [0.5, 0.6) is 5.75 Å². The third-order valence-corrected chi connectivity index (χ3v) is 2.54. The summed E-state index contributed by atoms with van der Waals surface area (Å²) in [4.78, 5) is 2.06. The molecule has 1 aromatic rings. The SMILES string of the molecule is C=C(C)SC(=C)c1ccc(OC)cc1.CC.CC. The van der Waals surface area contributed by atoms with Gasteiger partial charge in [0.2, 0.25) is 0 Å².